The van der Waals surface area contributed by atoms with E-state index in [1.165, 1.54) is 23.8 Å². The fourth-order valence-corrected chi connectivity index (χ4v) is 3.98. The highest BCUT2D eigenvalue weighted by molar-refractivity contribution is 7.07. The standard InChI is InChI=1S/C20H22N4O2S/c25-20(24-4-1-5-24)21-9-15-6-14-7-17(13-2-3-13)19(8-18(14)23-15)26-10-16-11-27-12-22-16/h6-8,11-13,23H,1-5,9-10H2,(H,21,25). The second-order valence-corrected chi connectivity index (χ2v) is 8.03. The minimum absolute atomic E-state index is 0.0193. The first-order chi connectivity index (χ1) is 13.3. The van der Waals surface area contributed by atoms with Crippen molar-refractivity contribution >= 4 is 28.3 Å². The normalized spacial score (nSPS) is 16.4. The van der Waals surface area contributed by atoms with Gasteiger partial charge in [0.05, 0.1) is 17.7 Å². The summed E-state index contributed by atoms with van der Waals surface area (Å²) < 4.78 is 6.10. The zero-order chi connectivity index (χ0) is 18.2. The predicted molar refractivity (Wildman–Crippen MR) is 105 cm³/mol. The fraction of sp³-hybridized carbons (Fsp3) is 0.400. The number of rotatable bonds is 6. The molecule has 1 saturated heterocycles. The van der Waals surface area contributed by atoms with Crippen molar-refractivity contribution in [3.05, 3.63) is 46.0 Å². The Morgan fingerprint density at radius 2 is 2.22 bits per heavy atom. The highest BCUT2D eigenvalue weighted by Gasteiger charge is 2.27. The molecule has 2 amide bonds. The molecule has 6 nitrogen and oxygen atoms in total. The molecule has 0 unspecified atom stereocenters. The van der Waals surface area contributed by atoms with Gasteiger partial charge in [-0.05, 0) is 42.9 Å². The fourth-order valence-electron chi connectivity index (χ4n) is 3.43. The summed E-state index contributed by atoms with van der Waals surface area (Å²) in [6, 6.07) is 6.48. The average Bonchev–Trinajstić information content (AvgIpc) is 3.18. The molecule has 1 saturated carbocycles. The topological polar surface area (TPSA) is 70.2 Å². The number of carbonyl (C=O) groups excluding carboxylic acids is 1. The number of H-pyrrole nitrogens is 1. The van der Waals surface area contributed by atoms with E-state index in [2.05, 4.69) is 33.5 Å². The maximum Gasteiger partial charge on any atom is 0.317 e. The Morgan fingerprint density at radius 1 is 1.33 bits per heavy atom. The molecule has 27 heavy (non-hydrogen) atoms. The van der Waals surface area contributed by atoms with E-state index in [0.29, 0.717) is 19.1 Å². The van der Waals surface area contributed by atoms with Gasteiger partial charge in [-0.2, -0.15) is 0 Å². The highest BCUT2D eigenvalue weighted by atomic mass is 32.1. The maximum absolute atomic E-state index is 12.0. The Labute approximate surface area is 161 Å². The van der Waals surface area contributed by atoms with E-state index in [0.717, 1.165) is 42.2 Å². The lowest BCUT2D eigenvalue weighted by Gasteiger charge is -2.30. The van der Waals surface area contributed by atoms with Crippen molar-refractivity contribution in [1.82, 2.24) is 20.2 Å². The lowest BCUT2D eigenvalue weighted by molar-refractivity contribution is 0.167. The van der Waals surface area contributed by atoms with Gasteiger partial charge in [0.1, 0.15) is 12.4 Å². The van der Waals surface area contributed by atoms with Crippen LogP contribution in [-0.2, 0) is 13.2 Å². The molecular weight excluding hydrogens is 360 g/mol. The monoisotopic (exact) mass is 382 g/mol. The Kier molecular flexibility index (Phi) is 4.24. The van der Waals surface area contributed by atoms with E-state index in [4.69, 9.17) is 4.74 Å². The molecule has 1 aliphatic heterocycles. The van der Waals surface area contributed by atoms with Gasteiger partial charge < -0.3 is 19.9 Å². The predicted octanol–water partition coefficient (Wildman–Crippen LogP) is 4.00. The molecule has 2 aliphatic rings. The second-order valence-electron chi connectivity index (χ2n) is 7.31. The van der Waals surface area contributed by atoms with Crippen molar-refractivity contribution in [2.75, 3.05) is 13.1 Å². The molecule has 2 aromatic heterocycles. The SMILES string of the molecule is O=C(NCc1cc2cc(C3CC3)c(OCc3cscn3)cc2[nH]1)N1CCC1. The minimum Gasteiger partial charge on any atom is -0.487 e. The van der Waals surface area contributed by atoms with E-state index < -0.39 is 0 Å². The number of hydrogen-bond acceptors (Lipinski definition) is 4. The summed E-state index contributed by atoms with van der Waals surface area (Å²) in [7, 11) is 0. The van der Waals surface area contributed by atoms with Crippen LogP contribution in [0.3, 0.4) is 0 Å². The van der Waals surface area contributed by atoms with Gasteiger partial charge in [0, 0.05) is 41.1 Å². The average molecular weight is 382 g/mol. The molecule has 3 heterocycles. The first-order valence-corrected chi connectivity index (χ1v) is 10.4. The maximum atomic E-state index is 12.0. The molecule has 2 N–H and O–H groups in total. The van der Waals surface area contributed by atoms with Crippen molar-refractivity contribution in [2.24, 2.45) is 0 Å². The molecule has 0 bridgehead atoms. The number of thiazole rings is 1. The van der Waals surface area contributed by atoms with Crippen molar-refractivity contribution in [3.8, 4) is 5.75 Å². The number of nitrogens with one attached hydrogen (secondary N) is 2. The van der Waals surface area contributed by atoms with Gasteiger partial charge in [-0.25, -0.2) is 9.78 Å². The summed E-state index contributed by atoms with van der Waals surface area (Å²) >= 11 is 1.58. The summed E-state index contributed by atoms with van der Waals surface area (Å²) in [4.78, 5) is 21.5. The summed E-state index contributed by atoms with van der Waals surface area (Å²) in [6.45, 7) is 2.73. The van der Waals surface area contributed by atoms with Gasteiger partial charge in [-0.15, -0.1) is 11.3 Å². The summed E-state index contributed by atoms with van der Waals surface area (Å²) in [5.41, 5.74) is 6.13. The van der Waals surface area contributed by atoms with E-state index in [1.54, 1.807) is 11.3 Å². The number of nitrogens with zero attached hydrogens (tertiary/aromatic N) is 2. The van der Waals surface area contributed by atoms with E-state index >= 15 is 0 Å². The van der Waals surface area contributed by atoms with Crippen molar-refractivity contribution in [1.29, 1.82) is 0 Å². The molecule has 0 radical (unpaired) electrons. The molecule has 1 aliphatic carbocycles. The molecule has 2 fully saturated rings. The number of aromatic nitrogens is 2. The van der Waals surface area contributed by atoms with Crippen LogP contribution >= 0.6 is 11.3 Å². The zero-order valence-electron chi connectivity index (χ0n) is 15.0. The number of urea groups is 1. The van der Waals surface area contributed by atoms with Gasteiger partial charge in [-0.1, -0.05) is 0 Å². The molecule has 7 heteroatoms. The quantitative estimate of drug-likeness (QED) is 0.677. The van der Waals surface area contributed by atoms with Crippen molar-refractivity contribution in [3.63, 3.8) is 0 Å². The number of likely N-dealkylation sites (tertiary alicyclic amines) is 1. The summed E-state index contributed by atoms with van der Waals surface area (Å²) in [5.74, 6) is 1.54. The number of ether oxygens (including phenoxy) is 1. The molecule has 5 rings (SSSR count). The van der Waals surface area contributed by atoms with Crippen LogP contribution < -0.4 is 10.1 Å². The van der Waals surface area contributed by atoms with Gasteiger partial charge in [0.15, 0.2) is 0 Å². The third kappa shape index (κ3) is 3.51. The Balaban J connectivity index is 1.34. The Morgan fingerprint density at radius 3 is 2.93 bits per heavy atom. The number of fused-ring (bicyclic) bond motifs is 1. The van der Waals surface area contributed by atoms with Crippen LogP contribution in [0.5, 0.6) is 5.75 Å². The third-order valence-corrected chi connectivity index (χ3v) is 5.89. The largest absolute Gasteiger partial charge is 0.487 e. The molecule has 3 aromatic rings. The number of carbonyl (C=O) groups is 1. The van der Waals surface area contributed by atoms with Crippen LogP contribution in [0.1, 0.15) is 42.1 Å². The Bertz CT molecular complexity index is 958. The first kappa shape index (κ1) is 16.6. The van der Waals surface area contributed by atoms with Gasteiger partial charge >= 0.3 is 6.03 Å². The lowest BCUT2D eigenvalue weighted by atomic mass is 10.1. The number of aromatic amines is 1. The summed E-state index contributed by atoms with van der Waals surface area (Å²) in [5, 5.41) is 6.18. The van der Waals surface area contributed by atoms with Gasteiger partial charge in [0.25, 0.3) is 0 Å². The molecule has 0 spiro atoms. The molecule has 0 atom stereocenters. The smallest absolute Gasteiger partial charge is 0.317 e. The number of amides is 2. The lowest BCUT2D eigenvalue weighted by Crippen LogP contribution is -2.47. The van der Waals surface area contributed by atoms with Crippen molar-refractivity contribution < 1.29 is 9.53 Å². The van der Waals surface area contributed by atoms with Crippen LogP contribution in [0.4, 0.5) is 4.79 Å². The van der Waals surface area contributed by atoms with Gasteiger partial charge in [-0.3, -0.25) is 0 Å². The Hall–Kier alpha value is -2.54. The van der Waals surface area contributed by atoms with Gasteiger partial charge in [0.2, 0.25) is 0 Å². The van der Waals surface area contributed by atoms with Crippen LogP contribution in [-0.4, -0.2) is 34.0 Å². The first-order valence-electron chi connectivity index (χ1n) is 9.44. The number of benzene rings is 1. The van der Waals surface area contributed by atoms with Crippen LogP contribution in [0.25, 0.3) is 10.9 Å². The molecule has 1 aromatic carbocycles. The third-order valence-electron chi connectivity index (χ3n) is 5.26. The highest BCUT2D eigenvalue weighted by Crippen LogP contribution is 2.45. The second kappa shape index (κ2) is 6.88. The van der Waals surface area contributed by atoms with E-state index in [1.807, 2.05) is 15.8 Å². The molecule has 140 valence electrons. The van der Waals surface area contributed by atoms with E-state index in [9.17, 15) is 4.79 Å². The van der Waals surface area contributed by atoms with E-state index in [-0.39, 0.29) is 6.03 Å². The molecular formula is C20H22N4O2S. The zero-order valence-corrected chi connectivity index (χ0v) is 15.8. The van der Waals surface area contributed by atoms with Crippen LogP contribution in [0.15, 0.2) is 29.1 Å². The summed E-state index contributed by atoms with van der Waals surface area (Å²) in [6.07, 6.45) is 3.55. The van der Waals surface area contributed by atoms with Crippen LogP contribution in [0.2, 0.25) is 0 Å². The van der Waals surface area contributed by atoms with Crippen LogP contribution in [0, 0.1) is 0 Å². The van der Waals surface area contributed by atoms with Crippen molar-refractivity contribution in [2.45, 2.75) is 38.3 Å². The minimum atomic E-state index is 0.0193. The number of hydrogen-bond donors (Lipinski definition) is 2.